The van der Waals surface area contributed by atoms with Gasteiger partial charge in [0.15, 0.2) is 0 Å². The Kier molecular flexibility index (Phi) is 7.21. The van der Waals surface area contributed by atoms with Crippen LogP contribution in [0.15, 0.2) is 77.3 Å². The van der Waals surface area contributed by atoms with Gasteiger partial charge < -0.3 is 19.1 Å². The van der Waals surface area contributed by atoms with E-state index in [2.05, 4.69) is 10.1 Å². The molecular weight excluding hydrogens is 467 g/mol. The monoisotopic (exact) mass is 490 g/mol. The summed E-state index contributed by atoms with van der Waals surface area (Å²) in [5.74, 6) is -1.03. The van der Waals surface area contributed by atoms with Crippen LogP contribution in [0, 0.1) is 5.82 Å². The zero-order valence-corrected chi connectivity index (χ0v) is 19.6. The van der Waals surface area contributed by atoms with E-state index >= 15 is 0 Å². The minimum atomic E-state index is -1.16. The quantitative estimate of drug-likeness (QED) is 0.272. The molecule has 0 saturated heterocycles. The first-order chi connectivity index (χ1) is 17.2. The molecule has 0 radical (unpaired) electrons. The Bertz CT molecular complexity index is 1380. The molecule has 1 N–H and O–H groups in total. The maximum absolute atomic E-state index is 14.0. The lowest BCUT2D eigenvalue weighted by atomic mass is 10.1. The Morgan fingerprint density at radius 2 is 1.78 bits per heavy atom. The molecule has 9 heteroatoms. The van der Waals surface area contributed by atoms with Crippen molar-refractivity contribution in [1.29, 1.82) is 0 Å². The normalized spacial score (nSPS) is 11.2. The van der Waals surface area contributed by atoms with Gasteiger partial charge in [-0.15, -0.1) is 0 Å². The van der Waals surface area contributed by atoms with Gasteiger partial charge in [0.25, 0.3) is 5.89 Å². The number of halogens is 1. The number of carbonyl (C=O) groups is 2. The number of ether oxygens (including phenoxy) is 2. The summed E-state index contributed by atoms with van der Waals surface area (Å²) in [7, 11) is 0. The summed E-state index contributed by atoms with van der Waals surface area (Å²) in [6, 6.07) is 19.1. The van der Waals surface area contributed by atoms with Crippen LogP contribution in [0.2, 0.25) is 0 Å². The van der Waals surface area contributed by atoms with Crippen LogP contribution >= 0.6 is 0 Å². The fourth-order valence-corrected chi connectivity index (χ4v) is 3.28. The highest BCUT2D eigenvalue weighted by atomic mass is 19.1. The molecule has 1 heterocycles. The first kappa shape index (κ1) is 24.7. The summed E-state index contributed by atoms with van der Waals surface area (Å²) in [5, 5.41) is 13.6. The van der Waals surface area contributed by atoms with Crippen LogP contribution in [0.1, 0.15) is 36.2 Å². The first-order valence-corrected chi connectivity index (χ1v) is 11.1. The van der Waals surface area contributed by atoms with Crippen LogP contribution in [0.25, 0.3) is 22.8 Å². The van der Waals surface area contributed by atoms with Crippen LogP contribution in [0.4, 0.5) is 4.39 Å². The molecular formula is C27H23FN2O6. The molecule has 0 aliphatic rings. The van der Waals surface area contributed by atoms with Crippen molar-refractivity contribution in [2.24, 2.45) is 0 Å². The van der Waals surface area contributed by atoms with Gasteiger partial charge in [-0.2, -0.15) is 4.98 Å². The molecule has 4 aromatic rings. The summed E-state index contributed by atoms with van der Waals surface area (Å²) in [6.07, 6.45) is -0.139. The van der Waals surface area contributed by atoms with Crippen molar-refractivity contribution in [2.75, 3.05) is 0 Å². The summed E-state index contributed by atoms with van der Waals surface area (Å²) in [5.41, 5.74) is 0.503. The second kappa shape index (κ2) is 10.5. The van der Waals surface area contributed by atoms with E-state index in [4.69, 9.17) is 14.0 Å². The summed E-state index contributed by atoms with van der Waals surface area (Å²) in [4.78, 5) is 28.6. The van der Waals surface area contributed by atoms with Gasteiger partial charge in [-0.1, -0.05) is 41.6 Å². The van der Waals surface area contributed by atoms with Gasteiger partial charge in [0.05, 0.1) is 23.1 Å². The fraction of sp³-hybridized carbons (Fsp3) is 0.185. The Morgan fingerprint density at radius 3 is 2.50 bits per heavy atom. The predicted octanol–water partition coefficient (Wildman–Crippen LogP) is 4.97. The lowest BCUT2D eigenvalue weighted by molar-refractivity contribution is -0.138. The maximum Gasteiger partial charge on any atom is 0.338 e. The number of esters is 2. The van der Waals surface area contributed by atoms with E-state index in [1.807, 2.05) is 0 Å². The zero-order valence-electron chi connectivity index (χ0n) is 19.6. The number of aliphatic hydroxyl groups is 1. The van der Waals surface area contributed by atoms with Crippen LogP contribution in [-0.2, 0) is 16.1 Å². The van der Waals surface area contributed by atoms with Crippen molar-refractivity contribution >= 4 is 11.9 Å². The van der Waals surface area contributed by atoms with Gasteiger partial charge in [-0.25, -0.2) is 9.18 Å². The van der Waals surface area contributed by atoms with Gasteiger partial charge in [0.2, 0.25) is 5.82 Å². The molecule has 4 rings (SSSR count). The Morgan fingerprint density at radius 1 is 1.03 bits per heavy atom. The van der Waals surface area contributed by atoms with Crippen molar-refractivity contribution in [3.05, 3.63) is 89.7 Å². The third kappa shape index (κ3) is 6.39. The maximum atomic E-state index is 14.0. The average molecular weight is 490 g/mol. The lowest BCUT2D eigenvalue weighted by Crippen LogP contribution is -2.25. The van der Waals surface area contributed by atoms with Gasteiger partial charge >= 0.3 is 11.9 Å². The second-order valence-corrected chi connectivity index (χ2v) is 8.67. The van der Waals surface area contributed by atoms with Crippen LogP contribution in [0.3, 0.4) is 0 Å². The number of nitrogens with zero attached hydrogens (tertiary/aromatic N) is 2. The van der Waals surface area contributed by atoms with Gasteiger partial charge in [-0.3, -0.25) is 4.79 Å². The average Bonchev–Trinajstić information content (AvgIpc) is 3.33. The topological polar surface area (TPSA) is 112 Å². The van der Waals surface area contributed by atoms with E-state index in [9.17, 15) is 19.1 Å². The minimum absolute atomic E-state index is 0.000596. The molecule has 184 valence electrons. The van der Waals surface area contributed by atoms with Crippen molar-refractivity contribution in [3.8, 4) is 28.6 Å². The molecule has 8 nitrogen and oxygen atoms in total. The standard InChI is InChI=1S/C27H23FN2O6/c1-27(2,33)15-23(31)35-20-12-10-17(11-13-20)16-34-26(32)19-7-5-6-18(14-19)24-29-25(36-30-24)21-8-3-4-9-22(21)28/h3-14,33H,15-16H2,1-2H3. The summed E-state index contributed by atoms with van der Waals surface area (Å²) >= 11 is 0. The van der Waals surface area contributed by atoms with E-state index < -0.39 is 23.4 Å². The number of benzene rings is 3. The highest BCUT2D eigenvalue weighted by Gasteiger charge is 2.20. The Labute approximate surface area is 206 Å². The molecule has 0 aliphatic carbocycles. The van der Waals surface area contributed by atoms with E-state index in [-0.39, 0.29) is 35.9 Å². The summed E-state index contributed by atoms with van der Waals surface area (Å²) < 4.78 is 29.8. The van der Waals surface area contributed by atoms with Crippen molar-refractivity contribution in [2.45, 2.75) is 32.5 Å². The van der Waals surface area contributed by atoms with Crippen LogP contribution < -0.4 is 4.74 Å². The largest absolute Gasteiger partial charge is 0.457 e. The number of hydrogen-bond donors (Lipinski definition) is 1. The minimum Gasteiger partial charge on any atom is -0.457 e. The molecule has 0 amide bonds. The van der Waals surface area contributed by atoms with Crippen molar-refractivity contribution in [1.82, 2.24) is 10.1 Å². The molecule has 3 aromatic carbocycles. The molecule has 1 aromatic heterocycles. The molecule has 0 unspecified atom stereocenters. The lowest BCUT2D eigenvalue weighted by Gasteiger charge is -2.15. The number of hydrogen-bond acceptors (Lipinski definition) is 8. The molecule has 36 heavy (non-hydrogen) atoms. The van der Waals surface area contributed by atoms with Crippen LogP contribution in [0.5, 0.6) is 5.75 Å². The van der Waals surface area contributed by atoms with Gasteiger partial charge in [0.1, 0.15) is 18.2 Å². The second-order valence-electron chi connectivity index (χ2n) is 8.67. The number of carbonyl (C=O) groups excluding carboxylic acids is 2. The number of aromatic nitrogens is 2. The molecule has 0 atom stereocenters. The highest BCUT2D eigenvalue weighted by Crippen LogP contribution is 2.25. The highest BCUT2D eigenvalue weighted by molar-refractivity contribution is 5.90. The van der Waals surface area contributed by atoms with Crippen molar-refractivity contribution in [3.63, 3.8) is 0 Å². The molecule has 0 saturated carbocycles. The fourth-order valence-electron chi connectivity index (χ4n) is 3.28. The SMILES string of the molecule is CC(C)(O)CC(=O)Oc1ccc(COC(=O)c2cccc(-c3noc(-c4ccccc4F)n3)c2)cc1. The smallest absolute Gasteiger partial charge is 0.338 e. The molecule has 0 spiro atoms. The Hall–Kier alpha value is -4.37. The first-order valence-electron chi connectivity index (χ1n) is 11.1. The zero-order chi connectivity index (χ0) is 25.7. The molecule has 0 aliphatic heterocycles. The van der Waals surface area contributed by atoms with Gasteiger partial charge in [-0.05, 0) is 55.8 Å². The van der Waals surface area contributed by atoms with Crippen LogP contribution in [-0.4, -0.2) is 32.8 Å². The third-order valence-electron chi connectivity index (χ3n) is 4.99. The predicted molar refractivity (Wildman–Crippen MR) is 127 cm³/mol. The molecule has 0 bridgehead atoms. The Balaban J connectivity index is 1.37. The van der Waals surface area contributed by atoms with Gasteiger partial charge in [0, 0.05) is 5.56 Å². The van der Waals surface area contributed by atoms with E-state index in [0.29, 0.717) is 16.9 Å². The number of rotatable bonds is 8. The molecule has 0 fully saturated rings. The van der Waals surface area contributed by atoms with Crippen molar-refractivity contribution < 1.29 is 33.1 Å². The van der Waals surface area contributed by atoms with E-state index in [1.54, 1.807) is 60.7 Å². The van der Waals surface area contributed by atoms with E-state index in [1.165, 1.54) is 26.0 Å². The third-order valence-corrected chi connectivity index (χ3v) is 4.99. The summed E-state index contributed by atoms with van der Waals surface area (Å²) in [6.45, 7) is 3.04. The van der Waals surface area contributed by atoms with E-state index in [0.717, 1.165) is 0 Å².